The Kier molecular flexibility index (Phi) is 4.90. The highest BCUT2D eigenvalue weighted by molar-refractivity contribution is 7.89. The zero-order valence-corrected chi connectivity index (χ0v) is 14.0. The first-order valence-corrected chi connectivity index (χ1v) is 9.59. The molecule has 0 saturated carbocycles. The maximum atomic E-state index is 12.1. The fraction of sp³-hybridized carbons (Fsp3) is 0.500. The smallest absolute Gasteiger partial charge is 0.212 e. The molecule has 0 bridgehead atoms. The Morgan fingerprint density at radius 2 is 2.10 bits per heavy atom. The van der Waals surface area contributed by atoms with E-state index in [0.717, 1.165) is 21.3 Å². The fourth-order valence-electron chi connectivity index (χ4n) is 1.74. The Morgan fingerprint density at radius 1 is 1.35 bits per heavy atom. The first-order valence-electron chi connectivity index (χ1n) is 6.18. The number of hydrogen-bond acceptors (Lipinski definition) is 6. The van der Waals surface area contributed by atoms with Gasteiger partial charge in [-0.25, -0.2) is 23.1 Å². The molecule has 0 aliphatic rings. The molecule has 2 aromatic rings. The summed E-state index contributed by atoms with van der Waals surface area (Å²) in [5.74, 6) is 0.0741. The zero-order valence-electron chi connectivity index (χ0n) is 11.6. The first-order chi connectivity index (χ1) is 9.37. The van der Waals surface area contributed by atoms with Crippen molar-refractivity contribution in [1.82, 2.24) is 14.7 Å². The van der Waals surface area contributed by atoms with E-state index in [1.54, 1.807) is 5.51 Å². The predicted octanol–water partition coefficient (Wildman–Crippen LogP) is 2.44. The molecule has 20 heavy (non-hydrogen) atoms. The molecular formula is C12H17N3O2S3. The van der Waals surface area contributed by atoms with Crippen molar-refractivity contribution in [2.45, 2.75) is 33.2 Å². The van der Waals surface area contributed by atoms with E-state index in [9.17, 15) is 8.42 Å². The normalized spacial score (nSPS) is 13.6. The number of thiazole rings is 2. The van der Waals surface area contributed by atoms with Crippen molar-refractivity contribution < 1.29 is 8.42 Å². The second-order valence-corrected chi connectivity index (χ2v) is 8.30. The van der Waals surface area contributed by atoms with Crippen LogP contribution in [-0.2, 0) is 16.4 Å². The zero-order chi connectivity index (χ0) is 14.8. The van der Waals surface area contributed by atoms with Crippen LogP contribution in [0.3, 0.4) is 0 Å². The van der Waals surface area contributed by atoms with Gasteiger partial charge in [-0.15, -0.1) is 22.7 Å². The quantitative estimate of drug-likeness (QED) is 0.882. The number of hydrogen-bond donors (Lipinski definition) is 1. The second kappa shape index (κ2) is 6.30. The van der Waals surface area contributed by atoms with Crippen molar-refractivity contribution in [1.29, 1.82) is 0 Å². The van der Waals surface area contributed by atoms with Gasteiger partial charge in [0.1, 0.15) is 5.01 Å². The molecule has 0 fully saturated rings. The molecule has 2 heterocycles. The molecular weight excluding hydrogens is 314 g/mol. The topological polar surface area (TPSA) is 72.0 Å². The molecule has 0 aliphatic carbocycles. The molecule has 8 heteroatoms. The van der Waals surface area contributed by atoms with Crippen LogP contribution in [0.15, 0.2) is 10.9 Å². The van der Waals surface area contributed by atoms with Gasteiger partial charge in [-0.2, -0.15) is 0 Å². The Labute approximate surface area is 127 Å². The number of aromatic nitrogens is 2. The lowest BCUT2D eigenvalue weighted by Gasteiger charge is -2.11. The molecule has 0 aliphatic heterocycles. The number of nitrogens with zero attached hydrogens (tertiary/aromatic N) is 2. The third-order valence-corrected chi connectivity index (χ3v) is 6.40. The highest BCUT2D eigenvalue weighted by Crippen LogP contribution is 2.19. The van der Waals surface area contributed by atoms with Gasteiger partial charge < -0.3 is 0 Å². The predicted molar refractivity (Wildman–Crippen MR) is 82.7 cm³/mol. The van der Waals surface area contributed by atoms with Crippen LogP contribution in [0, 0.1) is 13.8 Å². The van der Waals surface area contributed by atoms with E-state index in [0.29, 0.717) is 6.42 Å². The fourth-order valence-corrected chi connectivity index (χ4v) is 4.77. The highest BCUT2D eigenvalue weighted by atomic mass is 32.2. The van der Waals surface area contributed by atoms with Gasteiger partial charge in [0.2, 0.25) is 10.0 Å². The molecule has 110 valence electrons. The van der Waals surface area contributed by atoms with Crippen LogP contribution in [0.1, 0.15) is 34.2 Å². The monoisotopic (exact) mass is 331 g/mol. The van der Waals surface area contributed by atoms with E-state index < -0.39 is 10.0 Å². The summed E-state index contributed by atoms with van der Waals surface area (Å²) >= 11 is 2.97. The summed E-state index contributed by atoms with van der Waals surface area (Å²) in [5, 5.41) is 2.71. The third-order valence-electron chi connectivity index (χ3n) is 2.81. The molecule has 1 atom stereocenters. The minimum Gasteiger partial charge on any atom is -0.250 e. The van der Waals surface area contributed by atoms with Crippen LogP contribution in [0.5, 0.6) is 0 Å². The molecule has 0 amide bonds. The van der Waals surface area contributed by atoms with Crippen LogP contribution < -0.4 is 4.72 Å². The summed E-state index contributed by atoms with van der Waals surface area (Å²) in [6.45, 7) is 5.61. The molecule has 1 N–H and O–H groups in total. The standard InChI is InChI=1S/C12H17N3O2S3/c1-8-6-18-12(14-8)10(3)15-20(16,17)5-4-11-9(2)13-7-19-11/h6-7,10,15H,4-5H2,1-3H3/t10-/m0/s1. The van der Waals surface area contributed by atoms with Gasteiger partial charge in [0.05, 0.1) is 23.0 Å². The van der Waals surface area contributed by atoms with Gasteiger partial charge in [0.15, 0.2) is 0 Å². The summed E-state index contributed by atoms with van der Waals surface area (Å²) in [6.07, 6.45) is 0.495. The summed E-state index contributed by atoms with van der Waals surface area (Å²) in [5.41, 5.74) is 3.57. The van der Waals surface area contributed by atoms with Crippen molar-refractivity contribution in [2.24, 2.45) is 0 Å². The third kappa shape index (κ3) is 4.08. The number of sulfonamides is 1. The van der Waals surface area contributed by atoms with Gasteiger partial charge in [0.25, 0.3) is 0 Å². The Morgan fingerprint density at radius 3 is 2.65 bits per heavy atom. The van der Waals surface area contributed by atoms with Crippen molar-refractivity contribution in [2.75, 3.05) is 5.75 Å². The van der Waals surface area contributed by atoms with Crippen LogP contribution in [0.4, 0.5) is 0 Å². The number of nitrogens with one attached hydrogen (secondary N) is 1. The van der Waals surface area contributed by atoms with Crippen LogP contribution >= 0.6 is 22.7 Å². The average molecular weight is 331 g/mol. The van der Waals surface area contributed by atoms with Crippen molar-refractivity contribution >= 4 is 32.7 Å². The number of aryl methyl sites for hydroxylation is 3. The number of rotatable bonds is 6. The summed E-state index contributed by atoms with van der Waals surface area (Å²) < 4.78 is 26.8. The van der Waals surface area contributed by atoms with E-state index in [1.165, 1.54) is 22.7 Å². The minimum atomic E-state index is -3.32. The van der Waals surface area contributed by atoms with Gasteiger partial charge in [-0.3, -0.25) is 0 Å². The Balaban J connectivity index is 1.95. The molecule has 5 nitrogen and oxygen atoms in total. The van der Waals surface area contributed by atoms with E-state index in [4.69, 9.17) is 0 Å². The SMILES string of the molecule is Cc1csc([C@H](C)NS(=O)(=O)CCc2scnc2C)n1. The molecule has 2 aromatic heterocycles. The summed E-state index contributed by atoms with van der Waals surface area (Å²) in [7, 11) is -3.32. The van der Waals surface area contributed by atoms with Crippen LogP contribution in [0.25, 0.3) is 0 Å². The van der Waals surface area contributed by atoms with Gasteiger partial charge in [0, 0.05) is 16.0 Å². The maximum Gasteiger partial charge on any atom is 0.212 e. The highest BCUT2D eigenvalue weighted by Gasteiger charge is 2.18. The molecule has 0 aromatic carbocycles. The Bertz CT molecular complexity index is 676. The van der Waals surface area contributed by atoms with E-state index in [1.807, 2.05) is 26.2 Å². The van der Waals surface area contributed by atoms with Crippen molar-refractivity contribution in [3.63, 3.8) is 0 Å². The van der Waals surface area contributed by atoms with Crippen molar-refractivity contribution in [3.05, 3.63) is 32.2 Å². The summed E-state index contributed by atoms with van der Waals surface area (Å²) in [6, 6.07) is -0.291. The van der Waals surface area contributed by atoms with E-state index >= 15 is 0 Å². The van der Waals surface area contributed by atoms with E-state index in [2.05, 4.69) is 14.7 Å². The van der Waals surface area contributed by atoms with Crippen LogP contribution in [-0.4, -0.2) is 24.1 Å². The molecule has 2 rings (SSSR count). The van der Waals surface area contributed by atoms with Gasteiger partial charge in [-0.1, -0.05) is 0 Å². The molecule has 0 radical (unpaired) electrons. The Hall–Kier alpha value is -0.830. The lowest BCUT2D eigenvalue weighted by atomic mass is 10.3. The maximum absolute atomic E-state index is 12.1. The average Bonchev–Trinajstić information content (AvgIpc) is 2.95. The molecule has 0 unspecified atom stereocenters. The lowest BCUT2D eigenvalue weighted by molar-refractivity contribution is 0.565. The second-order valence-electron chi connectivity index (χ2n) is 4.60. The summed E-state index contributed by atoms with van der Waals surface area (Å²) in [4.78, 5) is 9.45. The lowest BCUT2D eigenvalue weighted by Crippen LogP contribution is -2.29. The first kappa shape index (κ1) is 15.6. The molecule has 0 saturated heterocycles. The molecule has 0 spiro atoms. The van der Waals surface area contributed by atoms with Gasteiger partial charge in [-0.05, 0) is 27.2 Å². The minimum absolute atomic E-state index is 0.0741. The largest absolute Gasteiger partial charge is 0.250 e. The van der Waals surface area contributed by atoms with Crippen molar-refractivity contribution in [3.8, 4) is 0 Å². The van der Waals surface area contributed by atoms with Gasteiger partial charge >= 0.3 is 0 Å². The van der Waals surface area contributed by atoms with Crippen LogP contribution in [0.2, 0.25) is 0 Å². The van der Waals surface area contributed by atoms with E-state index in [-0.39, 0.29) is 11.8 Å².